The highest BCUT2D eigenvalue weighted by Gasteiger charge is 2.38. The van der Waals surface area contributed by atoms with Crippen molar-refractivity contribution in [2.24, 2.45) is 4.99 Å². The van der Waals surface area contributed by atoms with Crippen molar-refractivity contribution in [3.8, 4) is 0 Å². The quantitative estimate of drug-likeness (QED) is 0.289. The van der Waals surface area contributed by atoms with Crippen molar-refractivity contribution < 1.29 is 40.7 Å². The lowest BCUT2D eigenvalue weighted by atomic mass is 9.98. The predicted molar refractivity (Wildman–Crippen MR) is 129 cm³/mol. The molecular weight excluding hydrogens is 563 g/mol. The Morgan fingerprint density at radius 1 is 0.789 bits per heavy atom. The Labute approximate surface area is 220 Å². The minimum Gasteiger partial charge on any atom is -0.345 e. The zero-order chi connectivity index (χ0) is 28.3. The van der Waals surface area contributed by atoms with E-state index >= 15 is 0 Å². The van der Waals surface area contributed by atoms with Gasteiger partial charge in [0, 0.05) is 26.7 Å². The van der Waals surface area contributed by atoms with Crippen molar-refractivity contribution >= 4 is 57.4 Å². The summed E-state index contributed by atoms with van der Waals surface area (Å²) in [6, 6.07) is 11.0. The van der Waals surface area contributed by atoms with Crippen molar-refractivity contribution in [2.75, 3.05) is 13.1 Å². The number of carbonyl (C=O) groups is 3. The van der Waals surface area contributed by atoms with E-state index in [2.05, 4.69) is 10.3 Å². The lowest BCUT2D eigenvalue weighted by Crippen LogP contribution is -2.40. The second-order valence-electron chi connectivity index (χ2n) is 7.70. The maximum absolute atomic E-state index is 13.8. The van der Waals surface area contributed by atoms with E-state index in [1.54, 1.807) is 5.32 Å². The van der Waals surface area contributed by atoms with Crippen LogP contribution in [0.15, 0.2) is 59.6 Å². The maximum Gasteiger partial charge on any atom is 0.434 e. The monoisotopic (exact) mass is 577 g/mol. The van der Waals surface area contributed by atoms with Gasteiger partial charge in [-0.05, 0) is 41.1 Å². The summed E-state index contributed by atoms with van der Waals surface area (Å²) in [4.78, 5) is 40.4. The molecule has 0 saturated heterocycles. The van der Waals surface area contributed by atoms with Gasteiger partial charge in [-0.2, -0.15) is 26.3 Å². The van der Waals surface area contributed by atoms with Crippen molar-refractivity contribution in [3.63, 3.8) is 0 Å². The Hall–Kier alpha value is -3.64. The molecule has 0 bridgehead atoms. The topological polar surface area (TPSA) is 87.6 Å². The summed E-state index contributed by atoms with van der Waals surface area (Å²) >= 11 is 11.6. The van der Waals surface area contributed by atoms with E-state index in [1.165, 1.54) is 30.3 Å². The second-order valence-corrected chi connectivity index (χ2v) is 8.58. The van der Waals surface area contributed by atoms with E-state index in [0.717, 1.165) is 24.3 Å². The van der Waals surface area contributed by atoms with E-state index in [9.17, 15) is 40.7 Å². The van der Waals surface area contributed by atoms with E-state index < -0.39 is 54.4 Å². The van der Waals surface area contributed by atoms with Gasteiger partial charge in [0.1, 0.15) is 6.54 Å². The van der Waals surface area contributed by atoms with Gasteiger partial charge in [-0.25, -0.2) is 4.99 Å². The average molecular weight is 578 g/mol. The summed E-state index contributed by atoms with van der Waals surface area (Å²) in [5, 5.41) is 3.73. The third-order valence-corrected chi connectivity index (χ3v) is 5.35. The van der Waals surface area contributed by atoms with Crippen LogP contribution in [0.4, 0.5) is 26.3 Å². The summed E-state index contributed by atoms with van der Waals surface area (Å²) in [6.45, 7) is -2.35. The minimum atomic E-state index is -5.05. The SMILES string of the molecule is O=C(CNC(=O)c1ccc(C(=O)/N=C(/c2cc(Cl)cc(Cl)c2)C(F)(F)F)c2ccccc12)NCC(F)(F)F. The molecule has 200 valence electrons. The zero-order valence-corrected chi connectivity index (χ0v) is 20.3. The third kappa shape index (κ3) is 7.45. The normalized spacial score (nSPS) is 12.4. The Morgan fingerprint density at radius 2 is 1.34 bits per heavy atom. The van der Waals surface area contributed by atoms with Crippen LogP contribution in [-0.4, -0.2) is 48.9 Å². The fraction of sp³-hybridized carbons (Fsp3) is 0.167. The van der Waals surface area contributed by atoms with Gasteiger partial charge in [-0.1, -0.05) is 47.5 Å². The Morgan fingerprint density at radius 3 is 1.89 bits per heavy atom. The Kier molecular flexibility index (Phi) is 8.68. The average Bonchev–Trinajstić information content (AvgIpc) is 2.81. The molecule has 0 aromatic heterocycles. The smallest absolute Gasteiger partial charge is 0.345 e. The van der Waals surface area contributed by atoms with Crippen LogP contribution in [0.3, 0.4) is 0 Å². The first kappa shape index (κ1) is 28.9. The molecular formula is C24H15Cl2F6N3O3. The molecule has 0 heterocycles. The maximum atomic E-state index is 13.8. The number of rotatable bonds is 6. The van der Waals surface area contributed by atoms with Gasteiger partial charge in [0.2, 0.25) is 5.91 Å². The number of amides is 3. The van der Waals surface area contributed by atoms with Crippen molar-refractivity contribution in [1.82, 2.24) is 10.6 Å². The molecule has 0 fully saturated rings. The number of benzene rings is 3. The van der Waals surface area contributed by atoms with Gasteiger partial charge in [0.25, 0.3) is 11.8 Å². The lowest BCUT2D eigenvalue weighted by molar-refractivity contribution is -0.137. The zero-order valence-electron chi connectivity index (χ0n) is 18.8. The number of nitrogens with one attached hydrogen (secondary N) is 2. The Bertz CT molecular complexity index is 1420. The summed E-state index contributed by atoms with van der Waals surface area (Å²) in [7, 11) is 0. The number of hydrogen-bond donors (Lipinski definition) is 2. The van der Waals surface area contributed by atoms with Crippen LogP contribution in [0.25, 0.3) is 10.8 Å². The summed E-state index contributed by atoms with van der Waals surface area (Å²) in [5.41, 5.74) is -2.42. The van der Waals surface area contributed by atoms with E-state index in [-0.39, 0.29) is 31.9 Å². The predicted octanol–water partition coefficient (Wildman–Crippen LogP) is 5.75. The lowest BCUT2D eigenvalue weighted by Gasteiger charge is -2.13. The standard InChI is InChI=1S/C24H15Cl2F6N3O3/c25-13-7-12(8-14(26)9-13)20(24(30,31)32)35-22(38)18-6-5-17(15-3-1-2-4-16(15)18)21(37)33-10-19(36)34-11-23(27,28)29/h1-9H,10-11H2,(H,33,37)(H,34,36)/b35-20-. The number of aliphatic imine (C=N–C) groups is 1. The first-order valence-corrected chi connectivity index (χ1v) is 11.2. The molecule has 3 rings (SSSR count). The molecule has 0 unspecified atom stereocenters. The summed E-state index contributed by atoms with van der Waals surface area (Å²) < 4.78 is 78.0. The summed E-state index contributed by atoms with van der Waals surface area (Å²) in [5.74, 6) is -3.24. The molecule has 0 aliphatic heterocycles. The first-order chi connectivity index (χ1) is 17.7. The molecule has 0 aliphatic carbocycles. The second kappa shape index (κ2) is 11.4. The highest BCUT2D eigenvalue weighted by molar-refractivity contribution is 6.35. The van der Waals surface area contributed by atoms with Crippen LogP contribution < -0.4 is 10.6 Å². The van der Waals surface area contributed by atoms with Crippen LogP contribution in [-0.2, 0) is 4.79 Å². The number of hydrogen-bond acceptors (Lipinski definition) is 3. The number of halogens is 8. The van der Waals surface area contributed by atoms with Gasteiger partial charge in [0.15, 0.2) is 5.71 Å². The molecule has 14 heteroatoms. The molecule has 0 radical (unpaired) electrons. The largest absolute Gasteiger partial charge is 0.434 e. The molecule has 3 aromatic carbocycles. The molecule has 0 spiro atoms. The fourth-order valence-corrected chi connectivity index (χ4v) is 3.87. The van der Waals surface area contributed by atoms with Crippen molar-refractivity contribution in [3.05, 3.63) is 81.3 Å². The van der Waals surface area contributed by atoms with Gasteiger partial charge in [-0.3, -0.25) is 14.4 Å². The molecule has 0 aliphatic rings. The van der Waals surface area contributed by atoms with E-state index in [1.807, 2.05) is 0 Å². The van der Waals surface area contributed by atoms with Crippen molar-refractivity contribution in [2.45, 2.75) is 12.4 Å². The molecule has 0 atom stereocenters. The summed E-state index contributed by atoms with van der Waals surface area (Å²) in [6.07, 6.45) is -9.68. The Balaban J connectivity index is 1.94. The molecule has 38 heavy (non-hydrogen) atoms. The highest BCUT2D eigenvalue weighted by Crippen LogP contribution is 2.29. The first-order valence-electron chi connectivity index (χ1n) is 10.5. The van der Waals surface area contributed by atoms with Crippen LogP contribution in [0.1, 0.15) is 26.3 Å². The van der Waals surface area contributed by atoms with Gasteiger partial charge in [0.05, 0.1) is 6.54 Å². The minimum absolute atomic E-state index is 0.0704. The fourth-order valence-electron chi connectivity index (χ4n) is 3.34. The molecule has 0 saturated carbocycles. The number of carbonyl (C=O) groups excluding carboxylic acids is 3. The molecule has 3 aromatic rings. The van der Waals surface area contributed by atoms with E-state index in [4.69, 9.17) is 23.2 Å². The van der Waals surface area contributed by atoms with E-state index in [0.29, 0.717) is 0 Å². The van der Waals surface area contributed by atoms with Crippen LogP contribution in [0.2, 0.25) is 10.0 Å². The highest BCUT2D eigenvalue weighted by atomic mass is 35.5. The van der Waals surface area contributed by atoms with Crippen LogP contribution >= 0.6 is 23.2 Å². The van der Waals surface area contributed by atoms with Crippen LogP contribution in [0, 0.1) is 0 Å². The van der Waals surface area contributed by atoms with Crippen molar-refractivity contribution in [1.29, 1.82) is 0 Å². The van der Waals surface area contributed by atoms with Gasteiger partial charge in [-0.15, -0.1) is 0 Å². The number of alkyl halides is 6. The molecule has 2 N–H and O–H groups in total. The van der Waals surface area contributed by atoms with Gasteiger partial charge >= 0.3 is 12.4 Å². The number of nitrogens with zero attached hydrogens (tertiary/aromatic N) is 1. The van der Waals surface area contributed by atoms with Crippen LogP contribution in [0.5, 0.6) is 0 Å². The molecule has 3 amide bonds. The van der Waals surface area contributed by atoms with Gasteiger partial charge < -0.3 is 10.6 Å². The third-order valence-electron chi connectivity index (χ3n) is 4.91. The molecule has 6 nitrogen and oxygen atoms in total. The number of fused-ring (bicyclic) bond motifs is 1.